The number of para-hydroxylation sites is 1. The van der Waals surface area contributed by atoms with Crippen LogP contribution in [0.25, 0.3) is 0 Å². The predicted octanol–water partition coefficient (Wildman–Crippen LogP) is 4.97. The zero-order valence-corrected chi connectivity index (χ0v) is 19.8. The van der Waals surface area contributed by atoms with Gasteiger partial charge in [-0.25, -0.2) is 0 Å². The van der Waals surface area contributed by atoms with Gasteiger partial charge in [0.1, 0.15) is 5.54 Å². The van der Waals surface area contributed by atoms with Gasteiger partial charge in [-0.05, 0) is 42.0 Å². The van der Waals surface area contributed by atoms with Crippen LogP contribution in [0.15, 0.2) is 66.7 Å². The van der Waals surface area contributed by atoms with E-state index in [1.54, 1.807) is 29.2 Å². The number of halogens is 2. The minimum Gasteiger partial charge on any atom is -0.378 e. The van der Waals surface area contributed by atoms with Crippen molar-refractivity contribution in [2.45, 2.75) is 12.0 Å². The molecule has 174 valence electrons. The SMILES string of the molecule is O=C(c1ccc(Cl)cc1NC1(Cc2cccc(Cl)c2)C(=O)Nc2ccccc21)N1CCOCC1. The fourth-order valence-electron chi connectivity index (χ4n) is 4.59. The molecule has 34 heavy (non-hydrogen) atoms. The van der Waals surface area contributed by atoms with Crippen LogP contribution < -0.4 is 10.6 Å². The van der Waals surface area contributed by atoms with Gasteiger partial charge in [0.25, 0.3) is 11.8 Å². The van der Waals surface area contributed by atoms with Gasteiger partial charge >= 0.3 is 0 Å². The van der Waals surface area contributed by atoms with Crippen LogP contribution in [0.1, 0.15) is 21.5 Å². The van der Waals surface area contributed by atoms with Crippen molar-refractivity contribution >= 4 is 46.4 Å². The van der Waals surface area contributed by atoms with Crippen molar-refractivity contribution in [1.29, 1.82) is 0 Å². The molecule has 2 amide bonds. The number of anilines is 2. The number of carbonyl (C=O) groups is 2. The second-order valence-electron chi connectivity index (χ2n) is 8.43. The molecule has 1 atom stereocenters. The number of nitrogens with one attached hydrogen (secondary N) is 2. The van der Waals surface area contributed by atoms with Crippen molar-refractivity contribution in [3.63, 3.8) is 0 Å². The topological polar surface area (TPSA) is 70.7 Å². The predicted molar refractivity (Wildman–Crippen MR) is 134 cm³/mol. The van der Waals surface area contributed by atoms with Gasteiger partial charge in [-0.3, -0.25) is 9.59 Å². The largest absolute Gasteiger partial charge is 0.378 e. The molecule has 2 aliphatic rings. The molecule has 0 bridgehead atoms. The number of hydrogen-bond donors (Lipinski definition) is 2. The molecule has 0 spiro atoms. The average molecular weight is 496 g/mol. The van der Waals surface area contributed by atoms with E-state index < -0.39 is 5.54 Å². The van der Waals surface area contributed by atoms with E-state index in [0.29, 0.717) is 54.0 Å². The lowest BCUT2D eigenvalue weighted by Crippen LogP contribution is -2.45. The Morgan fingerprint density at radius 2 is 1.76 bits per heavy atom. The molecule has 0 aromatic heterocycles. The maximum absolute atomic E-state index is 13.6. The normalized spacial score (nSPS) is 19.5. The molecule has 8 heteroatoms. The number of benzene rings is 3. The Kier molecular flexibility index (Phi) is 6.21. The lowest BCUT2D eigenvalue weighted by Gasteiger charge is -2.32. The summed E-state index contributed by atoms with van der Waals surface area (Å²) < 4.78 is 5.39. The second-order valence-corrected chi connectivity index (χ2v) is 9.30. The number of amides is 2. The van der Waals surface area contributed by atoms with Gasteiger partial charge in [-0.1, -0.05) is 53.5 Å². The van der Waals surface area contributed by atoms with Gasteiger partial charge < -0.3 is 20.3 Å². The van der Waals surface area contributed by atoms with Gasteiger partial charge in [-0.2, -0.15) is 0 Å². The first kappa shape index (κ1) is 22.7. The summed E-state index contributed by atoms with van der Waals surface area (Å²) in [5, 5.41) is 7.48. The summed E-state index contributed by atoms with van der Waals surface area (Å²) in [6.07, 6.45) is 0.327. The van der Waals surface area contributed by atoms with Crippen LogP contribution in [0.3, 0.4) is 0 Å². The molecule has 1 fully saturated rings. The second kappa shape index (κ2) is 9.29. The van der Waals surface area contributed by atoms with Crippen LogP contribution >= 0.6 is 23.2 Å². The van der Waals surface area contributed by atoms with Gasteiger partial charge in [0, 0.05) is 46.5 Å². The molecule has 2 aliphatic heterocycles. The summed E-state index contributed by atoms with van der Waals surface area (Å²) in [5.74, 6) is -0.342. The van der Waals surface area contributed by atoms with Gasteiger partial charge in [-0.15, -0.1) is 0 Å². The highest BCUT2D eigenvalue weighted by molar-refractivity contribution is 6.31. The highest BCUT2D eigenvalue weighted by atomic mass is 35.5. The molecule has 3 aromatic carbocycles. The standard InChI is InChI=1S/C26H23Cl2N3O3/c27-18-5-3-4-17(14-18)16-26(21-6-1-2-7-22(21)29-25(26)33)30-23-15-19(28)8-9-20(23)24(32)31-10-12-34-13-11-31/h1-9,14-15,30H,10-13,16H2,(H,29,33). The van der Waals surface area contributed by atoms with E-state index in [1.165, 1.54) is 0 Å². The third-order valence-electron chi connectivity index (χ3n) is 6.24. The average Bonchev–Trinajstić information content (AvgIpc) is 3.10. The van der Waals surface area contributed by atoms with E-state index in [9.17, 15) is 9.59 Å². The third-order valence-corrected chi connectivity index (χ3v) is 6.71. The molecule has 3 aromatic rings. The van der Waals surface area contributed by atoms with Crippen molar-refractivity contribution in [3.05, 3.63) is 93.5 Å². The van der Waals surface area contributed by atoms with Gasteiger partial charge in [0.15, 0.2) is 0 Å². The first-order valence-corrected chi connectivity index (χ1v) is 11.8. The van der Waals surface area contributed by atoms with E-state index >= 15 is 0 Å². The highest BCUT2D eigenvalue weighted by Gasteiger charge is 2.47. The molecular weight excluding hydrogens is 473 g/mol. The van der Waals surface area contributed by atoms with Crippen LogP contribution in [0.4, 0.5) is 11.4 Å². The summed E-state index contributed by atoms with van der Waals surface area (Å²) in [7, 11) is 0. The Balaban J connectivity index is 1.60. The Labute approximate surface area is 207 Å². The first-order valence-electron chi connectivity index (χ1n) is 11.1. The summed E-state index contributed by atoms with van der Waals surface area (Å²) in [5.41, 5.74) is 2.20. The monoisotopic (exact) mass is 495 g/mol. The number of nitrogens with zero attached hydrogens (tertiary/aromatic N) is 1. The zero-order chi connectivity index (χ0) is 23.7. The molecule has 0 saturated carbocycles. The maximum Gasteiger partial charge on any atom is 0.256 e. The molecule has 6 nitrogen and oxygen atoms in total. The van der Waals surface area contributed by atoms with Crippen molar-refractivity contribution in [1.82, 2.24) is 4.90 Å². The van der Waals surface area contributed by atoms with E-state index in [4.69, 9.17) is 27.9 Å². The molecular formula is C26H23Cl2N3O3. The summed E-state index contributed by atoms with van der Waals surface area (Å²) in [6.45, 7) is 2.02. The number of ether oxygens (including phenoxy) is 1. The van der Waals surface area contributed by atoms with E-state index in [0.717, 1.165) is 16.8 Å². The summed E-state index contributed by atoms with van der Waals surface area (Å²) in [4.78, 5) is 28.7. The number of morpholine rings is 1. The van der Waals surface area contributed by atoms with Crippen LogP contribution in [0, 0.1) is 0 Å². The van der Waals surface area contributed by atoms with Crippen LogP contribution in [-0.4, -0.2) is 43.0 Å². The molecule has 5 rings (SSSR count). The lowest BCUT2D eigenvalue weighted by atomic mass is 9.84. The zero-order valence-electron chi connectivity index (χ0n) is 18.3. The highest BCUT2D eigenvalue weighted by Crippen LogP contribution is 2.42. The smallest absolute Gasteiger partial charge is 0.256 e. The molecule has 1 unspecified atom stereocenters. The van der Waals surface area contributed by atoms with E-state index in [-0.39, 0.29) is 11.8 Å². The number of fused-ring (bicyclic) bond motifs is 1. The number of carbonyl (C=O) groups excluding carboxylic acids is 2. The van der Waals surface area contributed by atoms with Crippen molar-refractivity contribution in [2.24, 2.45) is 0 Å². The minimum absolute atomic E-state index is 0.132. The molecule has 1 saturated heterocycles. The van der Waals surface area contributed by atoms with Gasteiger partial charge in [0.05, 0.1) is 18.8 Å². The Bertz CT molecular complexity index is 1260. The Morgan fingerprint density at radius 3 is 2.56 bits per heavy atom. The molecule has 2 N–H and O–H groups in total. The van der Waals surface area contributed by atoms with E-state index in [2.05, 4.69) is 10.6 Å². The molecule has 0 radical (unpaired) electrons. The minimum atomic E-state index is -1.16. The first-order chi connectivity index (χ1) is 16.5. The summed E-state index contributed by atoms with van der Waals surface area (Å²) in [6, 6.07) is 20.1. The fraction of sp³-hybridized carbons (Fsp3) is 0.231. The van der Waals surface area contributed by atoms with Crippen molar-refractivity contribution < 1.29 is 14.3 Å². The molecule has 2 heterocycles. The lowest BCUT2D eigenvalue weighted by molar-refractivity contribution is -0.119. The quantitative estimate of drug-likeness (QED) is 0.524. The van der Waals surface area contributed by atoms with Gasteiger partial charge in [0.2, 0.25) is 0 Å². The maximum atomic E-state index is 13.6. The van der Waals surface area contributed by atoms with Crippen LogP contribution in [-0.2, 0) is 21.5 Å². The van der Waals surface area contributed by atoms with Crippen molar-refractivity contribution in [3.8, 4) is 0 Å². The van der Waals surface area contributed by atoms with Crippen LogP contribution in [0.5, 0.6) is 0 Å². The number of rotatable bonds is 5. The van der Waals surface area contributed by atoms with E-state index in [1.807, 2.05) is 42.5 Å². The third kappa shape index (κ3) is 4.25. The van der Waals surface area contributed by atoms with Crippen molar-refractivity contribution in [2.75, 3.05) is 36.9 Å². The number of hydrogen-bond acceptors (Lipinski definition) is 4. The molecule has 0 aliphatic carbocycles. The van der Waals surface area contributed by atoms with Crippen LogP contribution in [0.2, 0.25) is 10.0 Å². The Morgan fingerprint density at radius 1 is 1.00 bits per heavy atom. The summed E-state index contributed by atoms with van der Waals surface area (Å²) >= 11 is 12.6. The Hall–Kier alpha value is -3.06. The fourth-order valence-corrected chi connectivity index (χ4v) is 4.97.